The molecule has 0 saturated carbocycles. The molecule has 0 bridgehead atoms. The van der Waals surface area contributed by atoms with Crippen LogP contribution in [0.2, 0.25) is 0 Å². The van der Waals surface area contributed by atoms with Gasteiger partial charge in [-0.05, 0) is 48.9 Å². The molecule has 0 aliphatic carbocycles. The molecule has 0 aliphatic rings. The first-order chi connectivity index (χ1) is 16.5. The van der Waals surface area contributed by atoms with E-state index in [1.807, 2.05) is 43.3 Å². The molecule has 4 aromatic rings. The highest BCUT2D eigenvalue weighted by Gasteiger charge is 2.21. The number of ether oxygens (including phenoxy) is 1. The first-order valence-corrected chi connectivity index (χ1v) is 10.8. The molecule has 3 N–H and O–H groups in total. The molecule has 1 amide bonds. The fraction of sp³-hybridized carbons (Fsp3) is 0.200. The summed E-state index contributed by atoms with van der Waals surface area (Å²) < 4.78 is 21.1. The number of nitrogens with zero attached hydrogens (tertiary/aromatic N) is 3. The number of H-pyrrole nitrogens is 1. The Hall–Kier alpha value is -4.27. The van der Waals surface area contributed by atoms with Gasteiger partial charge in [-0.1, -0.05) is 18.2 Å². The summed E-state index contributed by atoms with van der Waals surface area (Å²) in [7, 11) is 3.42. The molecule has 9 heteroatoms. The van der Waals surface area contributed by atoms with Gasteiger partial charge in [0.15, 0.2) is 5.82 Å². The van der Waals surface area contributed by atoms with Gasteiger partial charge in [0.1, 0.15) is 12.3 Å². The fourth-order valence-corrected chi connectivity index (χ4v) is 3.58. The van der Waals surface area contributed by atoms with Crippen LogP contribution in [0, 0.1) is 5.82 Å². The van der Waals surface area contributed by atoms with Crippen molar-refractivity contribution in [1.29, 1.82) is 0 Å². The number of methoxy groups -OCH3 is 1. The van der Waals surface area contributed by atoms with Crippen LogP contribution in [0.3, 0.4) is 0 Å². The number of halogens is 1. The van der Waals surface area contributed by atoms with E-state index in [4.69, 9.17) is 4.74 Å². The molecule has 8 nitrogen and oxygen atoms in total. The molecular weight excluding hydrogens is 435 g/mol. The normalized spacial score (nSPS) is 11.6. The monoisotopic (exact) mass is 465 g/mol. The predicted molar refractivity (Wildman–Crippen MR) is 130 cm³/mol. The predicted octanol–water partition coefficient (Wildman–Crippen LogP) is 4.04. The number of amides is 1. The lowest BCUT2D eigenvalue weighted by molar-refractivity contribution is -0.668. The third kappa shape index (κ3) is 5.03. The Labute approximate surface area is 199 Å². The van der Waals surface area contributed by atoms with E-state index in [0.29, 0.717) is 23.5 Å². The Morgan fingerprint density at radius 2 is 2.06 bits per heavy atom. The minimum atomic E-state index is -0.439. The van der Waals surface area contributed by atoms with Crippen LogP contribution in [-0.4, -0.2) is 28.2 Å². The van der Waals surface area contributed by atoms with E-state index >= 15 is 0 Å². The number of aromatic amines is 1. The third-order valence-electron chi connectivity index (χ3n) is 5.55. The van der Waals surface area contributed by atoms with Crippen molar-refractivity contribution < 1.29 is 21.3 Å². The van der Waals surface area contributed by atoms with Crippen LogP contribution < -0.4 is 19.9 Å². The lowest BCUT2D eigenvalue weighted by Crippen LogP contribution is -2.35. The quantitative estimate of drug-likeness (QED) is 0.342. The first-order valence-electron chi connectivity index (χ1n) is 10.8. The Morgan fingerprint density at radius 1 is 1.24 bits per heavy atom. The lowest BCUT2D eigenvalue weighted by Gasteiger charge is -2.15. The molecule has 2 heterocycles. The largest absolute Gasteiger partial charge is 0.497 e. The Kier molecular flexibility index (Phi) is 6.82. The lowest BCUT2D eigenvalue weighted by atomic mass is 10.1. The van der Waals surface area contributed by atoms with Crippen molar-refractivity contribution in [3.63, 3.8) is 0 Å². The van der Waals surface area contributed by atoms with Gasteiger partial charge in [0.05, 0.1) is 32.0 Å². The number of rotatable bonds is 8. The van der Waals surface area contributed by atoms with Crippen LogP contribution in [0.4, 0.5) is 10.1 Å². The Bertz CT molecular complexity index is 1320. The van der Waals surface area contributed by atoms with Crippen molar-refractivity contribution in [1.82, 2.24) is 20.5 Å². The van der Waals surface area contributed by atoms with Gasteiger partial charge < -0.3 is 15.4 Å². The maximum Gasteiger partial charge on any atom is 0.311 e. The van der Waals surface area contributed by atoms with E-state index in [1.165, 1.54) is 6.20 Å². The number of hydrogen-bond donors (Lipinski definition) is 3. The third-order valence-corrected chi connectivity index (χ3v) is 5.55. The zero-order valence-corrected chi connectivity index (χ0v) is 19.2. The van der Waals surface area contributed by atoms with E-state index in [9.17, 15) is 9.18 Å². The van der Waals surface area contributed by atoms with Gasteiger partial charge in [-0.2, -0.15) is 0 Å². The molecule has 2 aromatic carbocycles. The second-order valence-electron chi connectivity index (χ2n) is 7.81. The van der Waals surface area contributed by atoms with Gasteiger partial charge in [0, 0.05) is 25.4 Å². The van der Waals surface area contributed by atoms with E-state index < -0.39 is 5.82 Å². The van der Waals surface area contributed by atoms with Gasteiger partial charge >= 0.3 is 5.82 Å². The molecule has 34 heavy (non-hydrogen) atoms. The Balaban J connectivity index is 0.00000228. The summed E-state index contributed by atoms with van der Waals surface area (Å²) in [4.78, 5) is 16.6. The molecule has 178 valence electrons. The number of carbonyl (C=O) groups is 1. The average Bonchev–Trinajstić information content (AvgIpc) is 3.23. The van der Waals surface area contributed by atoms with Crippen molar-refractivity contribution >= 4 is 11.6 Å². The van der Waals surface area contributed by atoms with Crippen molar-refractivity contribution in [2.24, 2.45) is 7.05 Å². The summed E-state index contributed by atoms with van der Waals surface area (Å²) in [6, 6.07) is 16.2. The summed E-state index contributed by atoms with van der Waals surface area (Å²) >= 11 is 0. The number of aromatic nitrogens is 4. The van der Waals surface area contributed by atoms with E-state index in [1.54, 1.807) is 36.9 Å². The zero-order valence-electron chi connectivity index (χ0n) is 19.2. The standard InChI is InChI=1S/C25H25FN6O2.2H2/c1-16(17-6-5-9-20(13-17)34-3)29-25(33)18-7-4-8-19(12-18)28-15-23-30-31-24(32(23)2)21-10-11-27-14-22(21)26;;/h4-14,16,28H,15H2,1-3H3,(H,29,33);2*1H/p+1/t16-;;/m1../s1. The van der Waals surface area contributed by atoms with Crippen molar-refractivity contribution in [3.8, 4) is 17.1 Å². The van der Waals surface area contributed by atoms with Crippen molar-refractivity contribution in [2.45, 2.75) is 19.5 Å². The minimum absolute atomic E-state index is 0. The smallest absolute Gasteiger partial charge is 0.311 e. The second-order valence-corrected chi connectivity index (χ2v) is 7.81. The number of pyridine rings is 1. The molecule has 2 aromatic heterocycles. The van der Waals surface area contributed by atoms with Gasteiger partial charge in [-0.15, -0.1) is 5.10 Å². The molecule has 0 spiro atoms. The summed E-state index contributed by atoms with van der Waals surface area (Å²) in [5, 5.41) is 13.5. The molecule has 4 rings (SSSR count). The summed E-state index contributed by atoms with van der Waals surface area (Å²) in [6.45, 7) is 2.33. The highest BCUT2D eigenvalue weighted by atomic mass is 19.1. The molecule has 0 aliphatic heterocycles. The summed E-state index contributed by atoms with van der Waals surface area (Å²) in [5.74, 6) is 1.34. The van der Waals surface area contributed by atoms with Crippen LogP contribution in [0.5, 0.6) is 5.75 Å². The molecule has 0 fully saturated rings. The molecule has 0 unspecified atom stereocenters. The zero-order chi connectivity index (χ0) is 24.1. The van der Waals surface area contributed by atoms with Gasteiger partial charge in [-0.3, -0.25) is 9.78 Å². The van der Waals surface area contributed by atoms with Crippen LogP contribution >= 0.6 is 0 Å². The number of carbonyl (C=O) groups excluding carboxylic acids is 1. The van der Waals surface area contributed by atoms with Crippen molar-refractivity contribution in [3.05, 3.63) is 89.8 Å². The van der Waals surface area contributed by atoms with E-state index in [0.717, 1.165) is 29.0 Å². The second kappa shape index (κ2) is 10.1. The van der Waals surface area contributed by atoms with Crippen LogP contribution in [0.15, 0.2) is 67.0 Å². The van der Waals surface area contributed by atoms with Crippen LogP contribution in [-0.2, 0) is 13.6 Å². The molecular formula is C25H30FN6O2+. The topological polar surface area (TPSA) is 95.8 Å². The van der Waals surface area contributed by atoms with Gasteiger partial charge in [-0.25, -0.2) is 8.96 Å². The summed E-state index contributed by atoms with van der Waals surface area (Å²) in [6.07, 6.45) is 2.68. The van der Waals surface area contributed by atoms with E-state index in [2.05, 4.69) is 25.8 Å². The first kappa shape index (κ1) is 22.9. The number of benzene rings is 2. The highest BCUT2D eigenvalue weighted by Crippen LogP contribution is 2.20. The van der Waals surface area contributed by atoms with Crippen LogP contribution in [0.25, 0.3) is 11.4 Å². The van der Waals surface area contributed by atoms with Gasteiger partial charge in [0.2, 0.25) is 0 Å². The molecule has 0 saturated heterocycles. The number of hydrogen-bond acceptors (Lipinski definition) is 5. The molecule has 0 radical (unpaired) electrons. The van der Waals surface area contributed by atoms with E-state index in [-0.39, 0.29) is 14.8 Å². The minimum Gasteiger partial charge on any atom is -0.497 e. The van der Waals surface area contributed by atoms with Crippen LogP contribution in [0.1, 0.15) is 37.6 Å². The maximum absolute atomic E-state index is 14.1. The average molecular weight is 466 g/mol. The fourth-order valence-electron chi connectivity index (χ4n) is 3.58. The number of anilines is 1. The van der Waals surface area contributed by atoms with Crippen molar-refractivity contribution in [2.75, 3.05) is 12.4 Å². The Morgan fingerprint density at radius 3 is 2.85 bits per heavy atom. The molecule has 1 atom stereocenters. The SMILES string of the molecule is COc1cccc([C@@H](C)NC(=O)c2cccc(NCc3[nH]nc(-c4ccncc4F)[n+]3C)c2)c1.[HH].[HH]. The highest BCUT2D eigenvalue weighted by molar-refractivity contribution is 5.95. The maximum atomic E-state index is 14.1. The van der Waals surface area contributed by atoms with Gasteiger partial charge in [0.25, 0.3) is 11.7 Å². The number of nitrogens with one attached hydrogen (secondary N) is 3. The summed E-state index contributed by atoms with van der Waals surface area (Å²) in [5.41, 5.74) is 2.63.